The zero-order valence-electron chi connectivity index (χ0n) is 16.0. The number of benzene rings is 1. The molecule has 2 aliphatic heterocycles. The minimum atomic E-state index is -0.352. The summed E-state index contributed by atoms with van der Waals surface area (Å²) in [5, 5.41) is 0. The van der Waals surface area contributed by atoms with Crippen LogP contribution in [0.1, 0.15) is 33.7 Å². The molecule has 0 aliphatic carbocycles. The van der Waals surface area contributed by atoms with E-state index in [0.29, 0.717) is 43.0 Å². The predicted molar refractivity (Wildman–Crippen MR) is 103 cm³/mol. The fraction of sp³-hybridized carbons (Fsp3) is 0.333. The first kappa shape index (κ1) is 18.9. The third kappa shape index (κ3) is 3.53. The lowest BCUT2D eigenvalue weighted by Crippen LogP contribution is -2.49. The molecule has 1 aromatic carbocycles. The number of aromatic nitrogens is 1. The van der Waals surface area contributed by atoms with Crippen LogP contribution >= 0.6 is 0 Å². The summed E-state index contributed by atoms with van der Waals surface area (Å²) in [6.45, 7) is 0.821. The van der Waals surface area contributed by atoms with Crippen LogP contribution in [0.15, 0.2) is 42.6 Å². The minimum Gasteiger partial charge on any atom is -0.493 e. The van der Waals surface area contributed by atoms with Gasteiger partial charge in [0.25, 0.3) is 17.7 Å². The summed E-state index contributed by atoms with van der Waals surface area (Å²) in [4.78, 5) is 44.7. The van der Waals surface area contributed by atoms with Gasteiger partial charge in [-0.15, -0.1) is 0 Å². The zero-order valence-corrected chi connectivity index (χ0v) is 16.0. The summed E-state index contributed by atoms with van der Waals surface area (Å²) in [7, 11) is 1.55. The molecule has 0 spiro atoms. The fourth-order valence-corrected chi connectivity index (χ4v) is 3.76. The van der Waals surface area contributed by atoms with Crippen LogP contribution in [0.3, 0.4) is 0 Å². The van der Waals surface area contributed by atoms with Crippen LogP contribution in [0.2, 0.25) is 0 Å². The fourth-order valence-electron chi connectivity index (χ4n) is 3.76. The number of nitrogens with zero attached hydrogens (tertiary/aromatic N) is 3. The number of hydrogen-bond donors (Lipinski definition) is 0. The number of ether oxygens (including phenoxy) is 2. The van der Waals surface area contributed by atoms with Gasteiger partial charge in [-0.2, -0.15) is 0 Å². The third-order valence-electron chi connectivity index (χ3n) is 5.28. The van der Waals surface area contributed by atoms with E-state index in [-0.39, 0.29) is 36.1 Å². The van der Waals surface area contributed by atoms with Crippen molar-refractivity contribution in [2.24, 2.45) is 0 Å². The van der Waals surface area contributed by atoms with Crippen molar-refractivity contribution in [1.29, 1.82) is 0 Å². The number of para-hydroxylation sites is 2. The van der Waals surface area contributed by atoms with Gasteiger partial charge in [-0.05, 0) is 37.1 Å². The van der Waals surface area contributed by atoms with Gasteiger partial charge in [0, 0.05) is 25.3 Å². The van der Waals surface area contributed by atoms with Gasteiger partial charge in [-0.3, -0.25) is 24.3 Å². The zero-order chi connectivity index (χ0) is 20.4. The number of imide groups is 1. The summed E-state index contributed by atoms with van der Waals surface area (Å²) < 4.78 is 10.8. The Morgan fingerprint density at radius 1 is 1.07 bits per heavy atom. The average molecular weight is 395 g/mol. The van der Waals surface area contributed by atoms with Gasteiger partial charge >= 0.3 is 0 Å². The summed E-state index contributed by atoms with van der Waals surface area (Å²) in [5.74, 6) is 0.283. The SMILES string of the molecule is COc1ccccc1OCC(=O)N1CCC(N2C(=O)c3cccnc3C2=O)CC1. The molecule has 0 atom stereocenters. The summed E-state index contributed by atoms with van der Waals surface area (Å²) in [6, 6.07) is 10.2. The van der Waals surface area contributed by atoms with Crippen LogP contribution in [-0.4, -0.2) is 65.4 Å². The normalized spacial score (nSPS) is 16.7. The lowest BCUT2D eigenvalue weighted by molar-refractivity contribution is -0.134. The van der Waals surface area contributed by atoms with Crippen molar-refractivity contribution in [3.05, 3.63) is 53.9 Å². The Labute approximate surface area is 168 Å². The van der Waals surface area contributed by atoms with E-state index in [4.69, 9.17) is 9.47 Å². The monoisotopic (exact) mass is 395 g/mol. The topological polar surface area (TPSA) is 89.0 Å². The molecule has 2 aliphatic rings. The van der Waals surface area contributed by atoms with Gasteiger partial charge in [0.2, 0.25) is 0 Å². The van der Waals surface area contributed by atoms with Crippen LogP contribution in [0.5, 0.6) is 11.5 Å². The van der Waals surface area contributed by atoms with Crippen molar-refractivity contribution in [2.45, 2.75) is 18.9 Å². The standard InChI is InChI=1S/C21H21N3O5/c1-28-16-6-2-3-7-17(16)29-13-18(25)23-11-8-14(9-12-23)24-20(26)15-5-4-10-22-19(15)21(24)27/h2-7,10,14H,8-9,11-13H2,1H3. The van der Waals surface area contributed by atoms with Crippen LogP contribution in [-0.2, 0) is 4.79 Å². The first-order chi connectivity index (χ1) is 14.1. The predicted octanol–water partition coefficient (Wildman–Crippen LogP) is 1.76. The Bertz CT molecular complexity index is 918. The molecule has 8 heteroatoms. The van der Waals surface area contributed by atoms with E-state index in [2.05, 4.69) is 4.98 Å². The molecular weight excluding hydrogens is 374 g/mol. The highest BCUT2D eigenvalue weighted by atomic mass is 16.5. The number of hydrogen-bond acceptors (Lipinski definition) is 6. The second kappa shape index (κ2) is 7.90. The van der Waals surface area contributed by atoms with E-state index < -0.39 is 0 Å². The smallest absolute Gasteiger partial charge is 0.280 e. The van der Waals surface area contributed by atoms with Gasteiger partial charge in [-0.1, -0.05) is 12.1 Å². The highest BCUT2D eigenvalue weighted by Crippen LogP contribution is 2.28. The van der Waals surface area contributed by atoms with E-state index in [9.17, 15) is 14.4 Å². The van der Waals surface area contributed by atoms with E-state index >= 15 is 0 Å². The first-order valence-electron chi connectivity index (χ1n) is 9.46. The lowest BCUT2D eigenvalue weighted by Gasteiger charge is -2.35. The molecule has 3 heterocycles. The maximum atomic E-state index is 12.6. The maximum absolute atomic E-state index is 12.6. The summed E-state index contributed by atoms with van der Waals surface area (Å²) in [5.41, 5.74) is 0.558. The Balaban J connectivity index is 1.33. The average Bonchev–Trinajstić information content (AvgIpc) is 3.03. The molecule has 0 bridgehead atoms. The van der Waals surface area contributed by atoms with Crippen LogP contribution in [0.25, 0.3) is 0 Å². The minimum absolute atomic E-state index is 0.0953. The quantitative estimate of drug-likeness (QED) is 0.717. The Morgan fingerprint density at radius 2 is 1.79 bits per heavy atom. The Hall–Kier alpha value is -3.42. The van der Waals surface area contributed by atoms with Crippen LogP contribution in [0.4, 0.5) is 0 Å². The Morgan fingerprint density at radius 3 is 2.48 bits per heavy atom. The second-order valence-electron chi connectivity index (χ2n) is 6.93. The molecule has 1 fully saturated rings. The van der Waals surface area contributed by atoms with Gasteiger partial charge in [-0.25, -0.2) is 0 Å². The number of rotatable bonds is 5. The summed E-state index contributed by atoms with van der Waals surface area (Å²) >= 11 is 0. The van der Waals surface area contributed by atoms with Crippen molar-refractivity contribution in [2.75, 3.05) is 26.8 Å². The molecule has 29 heavy (non-hydrogen) atoms. The highest BCUT2D eigenvalue weighted by molar-refractivity contribution is 6.20. The number of carbonyl (C=O) groups excluding carboxylic acids is 3. The molecule has 0 radical (unpaired) electrons. The van der Waals surface area contributed by atoms with Gasteiger partial charge in [0.1, 0.15) is 5.69 Å². The molecule has 0 unspecified atom stereocenters. The number of piperidine rings is 1. The van der Waals surface area contributed by atoms with E-state index in [1.165, 1.54) is 11.1 Å². The van der Waals surface area contributed by atoms with E-state index in [0.717, 1.165) is 0 Å². The first-order valence-corrected chi connectivity index (χ1v) is 9.46. The molecule has 0 N–H and O–H groups in total. The number of pyridine rings is 1. The van der Waals surface area contributed by atoms with Gasteiger partial charge in [0.05, 0.1) is 12.7 Å². The number of amides is 3. The number of fused-ring (bicyclic) bond motifs is 1. The molecule has 150 valence electrons. The molecule has 8 nitrogen and oxygen atoms in total. The number of likely N-dealkylation sites (tertiary alicyclic amines) is 1. The van der Waals surface area contributed by atoms with Crippen LogP contribution < -0.4 is 9.47 Å². The maximum Gasteiger partial charge on any atom is 0.280 e. The lowest BCUT2D eigenvalue weighted by atomic mass is 10.0. The molecule has 1 saturated heterocycles. The third-order valence-corrected chi connectivity index (χ3v) is 5.28. The molecule has 4 rings (SSSR count). The number of methoxy groups -OCH3 is 1. The van der Waals surface area contributed by atoms with Crippen molar-refractivity contribution in [3.8, 4) is 11.5 Å². The van der Waals surface area contributed by atoms with Crippen molar-refractivity contribution >= 4 is 17.7 Å². The molecule has 1 aromatic heterocycles. The second-order valence-corrected chi connectivity index (χ2v) is 6.93. The molecule has 0 saturated carbocycles. The van der Waals surface area contributed by atoms with Crippen LogP contribution in [0, 0.1) is 0 Å². The molecule has 3 amide bonds. The number of carbonyl (C=O) groups is 3. The Kier molecular flexibility index (Phi) is 5.16. The van der Waals surface area contributed by atoms with E-state index in [1.807, 2.05) is 12.1 Å². The summed E-state index contributed by atoms with van der Waals surface area (Å²) in [6.07, 6.45) is 2.58. The van der Waals surface area contributed by atoms with Crippen molar-refractivity contribution < 1.29 is 23.9 Å². The molecular formula is C21H21N3O5. The van der Waals surface area contributed by atoms with Gasteiger partial charge < -0.3 is 14.4 Å². The largest absolute Gasteiger partial charge is 0.493 e. The van der Waals surface area contributed by atoms with Crippen molar-refractivity contribution in [1.82, 2.24) is 14.8 Å². The van der Waals surface area contributed by atoms with Gasteiger partial charge in [0.15, 0.2) is 18.1 Å². The van der Waals surface area contributed by atoms with E-state index in [1.54, 1.807) is 36.3 Å². The van der Waals surface area contributed by atoms with Crippen molar-refractivity contribution in [3.63, 3.8) is 0 Å². The highest BCUT2D eigenvalue weighted by Gasteiger charge is 2.42. The molecule has 2 aromatic rings.